The zero-order chi connectivity index (χ0) is 35.4. The number of aliphatic hydroxyl groups is 1. The number of ketones is 1. The Balaban J connectivity index is 0.000000870. The maximum absolute atomic E-state index is 13.2. The second-order valence-electron chi connectivity index (χ2n) is 10.7. The molecule has 2 heterocycles. The van der Waals surface area contributed by atoms with E-state index in [1.165, 1.54) is 42.9 Å². The van der Waals surface area contributed by atoms with Crippen molar-refractivity contribution in [2.24, 2.45) is 5.92 Å². The second-order valence-corrected chi connectivity index (χ2v) is 11.7. The topological polar surface area (TPSA) is 69.6 Å². The molecule has 0 fully saturated rings. The molecule has 1 atom stereocenters. The summed E-state index contributed by atoms with van der Waals surface area (Å²) in [5.41, 5.74) is 2.09. The van der Waals surface area contributed by atoms with E-state index < -0.39 is 11.7 Å². The first-order valence-electron chi connectivity index (χ1n) is 16.0. The van der Waals surface area contributed by atoms with Crippen LogP contribution < -0.4 is 5.32 Å². The zero-order valence-electron chi connectivity index (χ0n) is 29.0. The summed E-state index contributed by atoms with van der Waals surface area (Å²) in [5, 5.41) is 13.7. The van der Waals surface area contributed by atoms with Crippen molar-refractivity contribution in [1.29, 1.82) is 0 Å². The molecule has 1 aliphatic rings. The minimum absolute atomic E-state index is 0.00844. The molecule has 46 heavy (non-hydrogen) atoms. The number of amides is 1. The summed E-state index contributed by atoms with van der Waals surface area (Å²) in [6, 6.07) is 0. The molecule has 5 nitrogen and oxygen atoms in total. The number of carbonyl (C=O) groups is 2. The number of hydrogen-bond acceptors (Lipinski definition) is 5. The van der Waals surface area contributed by atoms with Crippen LogP contribution in [0.2, 0.25) is 0 Å². The quantitative estimate of drug-likeness (QED) is 0.173. The molecule has 256 valence electrons. The summed E-state index contributed by atoms with van der Waals surface area (Å²) in [4.78, 5) is 27.1. The Kier molecular flexibility index (Phi) is 20.3. The van der Waals surface area contributed by atoms with Gasteiger partial charge in [-0.15, -0.1) is 11.3 Å². The maximum Gasteiger partial charge on any atom is 0.416 e. The summed E-state index contributed by atoms with van der Waals surface area (Å²) in [7, 11) is 0. The number of nitrogens with one attached hydrogen (secondary N) is 1. The van der Waals surface area contributed by atoms with Crippen molar-refractivity contribution >= 4 is 23.0 Å². The van der Waals surface area contributed by atoms with E-state index in [0.717, 1.165) is 48.3 Å². The number of alkyl halides is 3. The first-order chi connectivity index (χ1) is 21.6. The van der Waals surface area contributed by atoms with Crippen molar-refractivity contribution in [3.63, 3.8) is 0 Å². The molecule has 0 aliphatic carbocycles. The average molecular weight is 663 g/mol. The second kappa shape index (κ2) is 22.0. The van der Waals surface area contributed by atoms with Crippen LogP contribution in [-0.2, 0) is 17.6 Å². The molecule has 9 heteroatoms. The zero-order valence-corrected chi connectivity index (χ0v) is 29.8. The van der Waals surface area contributed by atoms with Gasteiger partial charge in [-0.1, -0.05) is 98.6 Å². The van der Waals surface area contributed by atoms with E-state index in [1.807, 2.05) is 19.9 Å². The van der Waals surface area contributed by atoms with E-state index in [4.69, 9.17) is 0 Å². The van der Waals surface area contributed by atoms with Crippen molar-refractivity contribution in [3.8, 4) is 0 Å². The van der Waals surface area contributed by atoms with Crippen LogP contribution in [0.15, 0.2) is 89.1 Å². The van der Waals surface area contributed by atoms with Crippen molar-refractivity contribution < 1.29 is 27.9 Å². The van der Waals surface area contributed by atoms with Gasteiger partial charge in [-0.25, -0.2) is 0 Å². The van der Waals surface area contributed by atoms with E-state index in [2.05, 4.69) is 39.6 Å². The molecular weight excluding hydrogens is 609 g/mol. The number of rotatable bonds is 12. The number of Topliss-reactive ketones (excluding diaryl/α,β-unsaturated/α-hetero) is 1. The summed E-state index contributed by atoms with van der Waals surface area (Å²) >= 11 is 1.52. The lowest BCUT2D eigenvalue weighted by atomic mass is 10.0. The molecule has 1 aromatic rings. The van der Waals surface area contributed by atoms with E-state index in [-0.39, 0.29) is 23.1 Å². The molecule has 1 amide bonds. The maximum atomic E-state index is 13.2. The van der Waals surface area contributed by atoms with Gasteiger partial charge in [-0.05, 0) is 49.8 Å². The van der Waals surface area contributed by atoms with Crippen LogP contribution in [-0.4, -0.2) is 27.9 Å². The molecule has 2 rings (SSSR count). The highest BCUT2D eigenvalue weighted by atomic mass is 32.1. The molecule has 1 unspecified atom stereocenters. The molecule has 0 spiro atoms. The van der Waals surface area contributed by atoms with Crippen LogP contribution in [0.3, 0.4) is 0 Å². The fraction of sp³-hybridized carbons (Fsp3) is 0.459. The summed E-state index contributed by atoms with van der Waals surface area (Å²) < 4.78 is 39.5. The van der Waals surface area contributed by atoms with Gasteiger partial charge in [-0.2, -0.15) is 13.2 Å². The SMILES string of the molecule is C=C1C=C(O)C=CN1/C(=C\C(C)CC)C(C)=O.CCC.C\C=C(/C=C(\C=C\CC)C(F)(F)F)NC(=O)c1csc(CC)c1CCC. The Morgan fingerprint density at radius 3 is 2.24 bits per heavy atom. The van der Waals surface area contributed by atoms with Crippen molar-refractivity contribution in [1.82, 2.24) is 10.2 Å². The highest BCUT2D eigenvalue weighted by Gasteiger charge is 2.32. The van der Waals surface area contributed by atoms with E-state index in [0.29, 0.717) is 29.3 Å². The van der Waals surface area contributed by atoms with Gasteiger partial charge in [0.05, 0.1) is 16.8 Å². The molecule has 1 aromatic heterocycles. The molecule has 0 bridgehead atoms. The molecule has 0 radical (unpaired) electrons. The Morgan fingerprint density at radius 2 is 1.78 bits per heavy atom. The number of halogens is 3. The van der Waals surface area contributed by atoms with Crippen molar-refractivity contribution in [2.45, 2.75) is 107 Å². The molecule has 2 N–H and O–H groups in total. The van der Waals surface area contributed by atoms with Crippen molar-refractivity contribution in [2.75, 3.05) is 0 Å². The minimum Gasteiger partial charge on any atom is -0.508 e. The smallest absolute Gasteiger partial charge is 0.416 e. The number of nitrogens with zero attached hydrogens (tertiary/aromatic N) is 1. The fourth-order valence-corrected chi connectivity index (χ4v) is 5.02. The Morgan fingerprint density at radius 1 is 1.15 bits per heavy atom. The van der Waals surface area contributed by atoms with Crippen LogP contribution in [0, 0.1) is 5.92 Å². The number of thiophene rings is 1. The Hall–Kier alpha value is -3.59. The predicted octanol–water partition coefficient (Wildman–Crippen LogP) is 11.1. The highest BCUT2D eigenvalue weighted by Crippen LogP contribution is 2.29. The monoisotopic (exact) mass is 662 g/mol. The van der Waals surface area contributed by atoms with Gasteiger partial charge in [-0.3, -0.25) is 9.59 Å². The minimum atomic E-state index is -4.48. The number of allylic oxidation sites excluding steroid dienone is 9. The lowest BCUT2D eigenvalue weighted by Crippen LogP contribution is -2.23. The molecule has 0 aromatic carbocycles. The van der Waals surface area contributed by atoms with Crippen LogP contribution in [0.5, 0.6) is 0 Å². The van der Waals surface area contributed by atoms with E-state index >= 15 is 0 Å². The van der Waals surface area contributed by atoms with Crippen LogP contribution >= 0.6 is 11.3 Å². The lowest BCUT2D eigenvalue weighted by molar-refractivity contribution is -0.114. The third-order valence-corrected chi connectivity index (χ3v) is 7.68. The number of carbonyl (C=O) groups excluding carboxylic acids is 2. The summed E-state index contributed by atoms with van der Waals surface area (Å²) in [5.74, 6) is 0.105. The Bertz CT molecular complexity index is 1330. The number of aryl methyl sites for hydroxylation is 1. The van der Waals surface area contributed by atoms with Gasteiger partial charge in [0.15, 0.2) is 5.78 Å². The van der Waals surface area contributed by atoms with Crippen LogP contribution in [0.25, 0.3) is 0 Å². The Labute approximate surface area is 278 Å². The standard InChI is InChI=1S/C20H26F3NOS.C14H19NO2.C3H8/c1-5-9-11-14(20(21,22)23)12-15(7-3)24-19(25)17-13-26-18(8-4)16(17)10-6-2;1-5-10(2)8-14(12(4)16)15-7-6-13(17)9-11(15)3;1-3-2/h7,9,11-13H,5-6,8,10H2,1-4H3,(H,24,25);6-10,17H,3,5H2,1-2,4H3;3H2,1-2H3/b11-9+,14-12+,15-7+;14-8-;. The largest absolute Gasteiger partial charge is 0.508 e. The van der Waals surface area contributed by atoms with E-state index in [9.17, 15) is 27.9 Å². The summed E-state index contributed by atoms with van der Waals surface area (Å²) in [6.45, 7) is 21.2. The summed E-state index contributed by atoms with van der Waals surface area (Å²) in [6.07, 6.45) is 12.4. The van der Waals surface area contributed by atoms with Gasteiger partial charge < -0.3 is 15.3 Å². The first-order valence-corrected chi connectivity index (χ1v) is 16.8. The van der Waals surface area contributed by atoms with Crippen LogP contribution in [0.4, 0.5) is 13.2 Å². The number of aliphatic hydroxyl groups excluding tert-OH is 1. The number of hydrogen-bond donors (Lipinski definition) is 2. The van der Waals surface area contributed by atoms with E-state index in [1.54, 1.807) is 36.4 Å². The van der Waals surface area contributed by atoms with Crippen molar-refractivity contribution in [3.05, 3.63) is 105 Å². The molecule has 1 aliphatic heterocycles. The normalized spacial score (nSPS) is 14.7. The molecule has 0 saturated heterocycles. The predicted molar refractivity (Wildman–Crippen MR) is 187 cm³/mol. The van der Waals surface area contributed by atoms with Gasteiger partial charge in [0.25, 0.3) is 5.91 Å². The average Bonchev–Trinajstić information content (AvgIpc) is 3.40. The highest BCUT2D eigenvalue weighted by molar-refractivity contribution is 7.10. The molecule has 0 saturated carbocycles. The third kappa shape index (κ3) is 14.7. The van der Waals surface area contributed by atoms with Crippen LogP contribution in [0.1, 0.15) is 109 Å². The fourth-order valence-electron chi connectivity index (χ4n) is 3.99. The van der Waals surface area contributed by atoms with Gasteiger partial charge in [0, 0.05) is 40.9 Å². The van der Waals surface area contributed by atoms with Gasteiger partial charge >= 0.3 is 6.18 Å². The third-order valence-electron chi connectivity index (χ3n) is 6.51. The first kappa shape index (κ1) is 42.4. The van der Waals surface area contributed by atoms with Gasteiger partial charge in [0.2, 0.25) is 0 Å². The molecular formula is C37H53F3N2O3S. The lowest BCUT2D eigenvalue weighted by Gasteiger charge is -2.25. The van der Waals surface area contributed by atoms with Gasteiger partial charge in [0.1, 0.15) is 5.76 Å².